The highest BCUT2D eigenvalue weighted by Crippen LogP contribution is 2.10. The number of carbonyl (C=O) groups excluding carboxylic acids is 1. The smallest absolute Gasteiger partial charge is 0.224 e. The Kier molecular flexibility index (Phi) is 6.59. The fourth-order valence-corrected chi connectivity index (χ4v) is 1.27. The highest BCUT2D eigenvalue weighted by molar-refractivity contribution is 5.78. The Balaban J connectivity index is 3.85. The quantitative estimate of drug-likeness (QED) is 0.653. The van der Waals surface area contributed by atoms with Gasteiger partial charge >= 0.3 is 0 Å². The van der Waals surface area contributed by atoms with Crippen LogP contribution in [0.1, 0.15) is 33.6 Å². The van der Waals surface area contributed by atoms with Gasteiger partial charge in [-0.05, 0) is 18.8 Å². The van der Waals surface area contributed by atoms with E-state index in [9.17, 15) is 4.79 Å². The maximum atomic E-state index is 11.5. The Bertz CT molecular complexity index is 146. The first kappa shape index (κ1) is 12.4. The van der Waals surface area contributed by atoms with Crippen LogP contribution in [0.3, 0.4) is 0 Å². The molecule has 0 spiro atoms. The van der Waals surface area contributed by atoms with Crippen LogP contribution in [0.4, 0.5) is 0 Å². The number of carbonyl (C=O) groups is 1. The fourth-order valence-electron chi connectivity index (χ4n) is 1.27. The molecule has 0 saturated heterocycles. The van der Waals surface area contributed by atoms with Gasteiger partial charge in [-0.25, -0.2) is 0 Å². The first-order chi connectivity index (χ1) is 6.11. The van der Waals surface area contributed by atoms with E-state index in [0.717, 1.165) is 19.4 Å². The summed E-state index contributed by atoms with van der Waals surface area (Å²) in [5.41, 5.74) is 5.53. The number of amides is 1. The summed E-state index contributed by atoms with van der Waals surface area (Å²) < 4.78 is 0. The van der Waals surface area contributed by atoms with Crippen molar-refractivity contribution in [2.45, 2.75) is 33.6 Å². The Hall–Kier alpha value is -0.570. The molecule has 0 aromatic heterocycles. The van der Waals surface area contributed by atoms with E-state index in [1.165, 1.54) is 0 Å². The highest BCUT2D eigenvalue weighted by atomic mass is 16.1. The van der Waals surface area contributed by atoms with Gasteiger partial charge in [0.1, 0.15) is 0 Å². The number of rotatable bonds is 6. The van der Waals surface area contributed by atoms with Crippen molar-refractivity contribution in [3.05, 3.63) is 0 Å². The van der Waals surface area contributed by atoms with Crippen LogP contribution in [-0.4, -0.2) is 19.0 Å². The van der Waals surface area contributed by atoms with Gasteiger partial charge in [0.25, 0.3) is 0 Å². The summed E-state index contributed by atoms with van der Waals surface area (Å²) in [6, 6.07) is 0. The molecule has 0 aliphatic heterocycles. The van der Waals surface area contributed by atoms with Crippen molar-refractivity contribution in [3.63, 3.8) is 0 Å². The van der Waals surface area contributed by atoms with Crippen LogP contribution < -0.4 is 11.1 Å². The molecule has 1 unspecified atom stereocenters. The van der Waals surface area contributed by atoms with E-state index in [4.69, 9.17) is 5.73 Å². The van der Waals surface area contributed by atoms with Crippen molar-refractivity contribution in [2.75, 3.05) is 13.1 Å². The second kappa shape index (κ2) is 6.89. The molecule has 3 heteroatoms. The molecule has 78 valence electrons. The first-order valence-corrected chi connectivity index (χ1v) is 5.09. The monoisotopic (exact) mass is 186 g/mol. The molecule has 0 aliphatic rings. The SMILES string of the molecule is CCCNC(=O)C(CN)CC(C)C. The lowest BCUT2D eigenvalue weighted by molar-refractivity contribution is -0.125. The molecule has 0 bridgehead atoms. The minimum Gasteiger partial charge on any atom is -0.356 e. The summed E-state index contributed by atoms with van der Waals surface area (Å²) in [7, 11) is 0. The van der Waals surface area contributed by atoms with Crippen molar-refractivity contribution in [2.24, 2.45) is 17.6 Å². The summed E-state index contributed by atoms with van der Waals surface area (Å²) in [5.74, 6) is 0.630. The molecule has 3 nitrogen and oxygen atoms in total. The predicted octanol–water partition coefficient (Wildman–Crippen LogP) is 1.13. The molecule has 0 radical (unpaired) electrons. The predicted molar refractivity (Wildman–Crippen MR) is 55.3 cm³/mol. The summed E-state index contributed by atoms with van der Waals surface area (Å²) in [4.78, 5) is 11.5. The van der Waals surface area contributed by atoms with Crippen molar-refractivity contribution in [3.8, 4) is 0 Å². The molecule has 0 aromatic carbocycles. The zero-order chi connectivity index (χ0) is 10.3. The van der Waals surface area contributed by atoms with Crippen LogP contribution in [0.25, 0.3) is 0 Å². The fraction of sp³-hybridized carbons (Fsp3) is 0.900. The molecule has 3 N–H and O–H groups in total. The maximum Gasteiger partial charge on any atom is 0.224 e. The summed E-state index contributed by atoms with van der Waals surface area (Å²) in [6.07, 6.45) is 1.86. The molecule has 1 atom stereocenters. The van der Waals surface area contributed by atoms with E-state index in [1.807, 2.05) is 6.92 Å². The van der Waals surface area contributed by atoms with Crippen molar-refractivity contribution in [1.29, 1.82) is 0 Å². The van der Waals surface area contributed by atoms with Crippen molar-refractivity contribution < 1.29 is 4.79 Å². The summed E-state index contributed by atoms with van der Waals surface area (Å²) in [5, 5.41) is 2.87. The third-order valence-electron chi connectivity index (χ3n) is 1.96. The maximum absolute atomic E-state index is 11.5. The van der Waals surface area contributed by atoms with Gasteiger partial charge in [-0.3, -0.25) is 4.79 Å². The van der Waals surface area contributed by atoms with E-state index < -0.39 is 0 Å². The topological polar surface area (TPSA) is 55.1 Å². The summed E-state index contributed by atoms with van der Waals surface area (Å²) >= 11 is 0. The van der Waals surface area contributed by atoms with Crippen LogP contribution in [0, 0.1) is 11.8 Å². The van der Waals surface area contributed by atoms with E-state index in [1.54, 1.807) is 0 Å². The average Bonchev–Trinajstić information content (AvgIpc) is 2.09. The zero-order valence-corrected chi connectivity index (χ0v) is 8.97. The number of nitrogens with two attached hydrogens (primary N) is 1. The van der Waals surface area contributed by atoms with Crippen LogP contribution >= 0.6 is 0 Å². The van der Waals surface area contributed by atoms with E-state index in [-0.39, 0.29) is 11.8 Å². The molecule has 13 heavy (non-hydrogen) atoms. The second-order valence-corrected chi connectivity index (χ2v) is 3.85. The van der Waals surface area contributed by atoms with Crippen molar-refractivity contribution in [1.82, 2.24) is 5.32 Å². The third kappa shape index (κ3) is 5.64. The summed E-state index contributed by atoms with van der Waals surface area (Å²) in [6.45, 7) is 7.47. The standard InChI is InChI=1S/C10H22N2O/c1-4-5-12-10(13)9(7-11)6-8(2)3/h8-9H,4-7,11H2,1-3H3,(H,12,13). The Morgan fingerprint density at radius 3 is 2.46 bits per heavy atom. The Morgan fingerprint density at radius 1 is 1.46 bits per heavy atom. The molecule has 1 amide bonds. The van der Waals surface area contributed by atoms with Crippen LogP contribution in [0.15, 0.2) is 0 Å². The molecular weight excluding hydrogens is 164 g/mol. The molecule has 0 saturated carbocycles. The lowest BCUT2D eigenvalue weighted by Gasteiger charge is -2.16. The molecule has 0 rings (SSSR count). The minimum atomic E-state index is -0.00782. The van der Waals surface area contributed by atoms with Crippen LogP contribution in [-0.2, 0) is 4.79 Å². The third-order valence-corrected chi connectivity index (χ3v) is 1.96. The second-order valence-electron chi connectivity index (χ2n) is 3.85. The molecule has 0 aliphatic carbocycles. The van der Waals surface area contributed by atoms with Gasteiger partial charge in [-0.2, -0.15) is 0 Å². The molecule has 0 fully saturated rings. The van der Waals surface area contributed by atoms with Gasteiger partial charge in [0.2, 0.25) is 5.91 Å². The van der Waals surface area contributed by atoms with Gasteiger partial charge < -0.3 is 11.1 Å². The molecule has 0 heterocycles. The normalized spacial score (nSPS) is 13.0. The van der Waals surface area contributed by atoms with Gasteiger partial charge in [0.15, 0.2) is 0 Å². The molecular formula is C10H22N2O. The van der Waals surface area contributed by atoms with Gasteiger partial charge in [-0.15, -0.1) is 0 Å². The Morgan fingerprint density at radius 2 is 2.08 bits per heavy atom. The first-order valence-electron chi connectivity index (χ1n) is 5.09. The minimum absolute atomic E-state index is 0.00782. The van der Waals surface area contributed by atoms with Crippen LogP contribution in [0.2, 0.25) is 0 Å². The average molecular weight is 186 g/mol. The van der Waals surface area contributed by atoms with Gasteiger partial charge in [0, 0.05) is 13.1 Å². The zero-order valence-electron chi connectivity index (χ0n) is 8.97. The largest absolute Gasteiger partial charge is 0.356 e. The van der Waals surface area contributed by atoms with Crippen molar-refractivity contribution >= 4 is 5.91 Å². The van der Waals surface area contributed by atoms with Gasteiger partial charge in [-0.1, -0.05) is 20.8 Å². The lowest BCUT2D eigenvalue weighted by Crippen LogP contribution is -2.36. The number of nitrogens with one attached hydrogen (secondary N) is 1. The molecule has 0 aromatic rings. The van der Waals surface area contributed by atoms with E-state index in [0.29, 0.717) is 12.5 Å². The number of hydrogen-bond acceptors (Lipinski definition) is 2. The van der Waals surface area contributed by atoms with Gasteiger partial charge in [0.05, 0.1) is 5.92 Å². The lowest BCUT2D eigenvalue weighted by atomic mass is 9.96. The van der Waals surface area contributed by atoms with E-state index in [2.05, 4.69) is 19.2 Å². The number of hydrogen-bond donors (Lipinski definition) is 2. The van der Waals surface area contributed by atoms with Crippen LogP contribution in [0.5, 0.6) is 0 Å². The Labute approximate surface area is 81.1 Å². The van der Waals surface area contributed by atoms with E-state index >= 15 is 0 Å². The highest BCUT2D eigenvalue weighted by Gasteiger charge is 2.16.